The van der Waals surface area contributed by atoms with E-state index in [9.17, 15) is 4.79 Å². The van der Waals surface area contributed by atoms with E-state index in [1.54, 1.807) is 0 Å². The van der Waals surface area contributed by atoms with Crippen LogP contribution in [0, 0.1) is 5.92 Å². The fraction of sp³-hybridized carbons (Fsp3) is 0.708. The maximum atomic E-state index is 12.5. The van der Waals surface area contributed by atoms with E-state index in [4.69, 9.17) is 4.74 Å². The SMILES string of the molecule is O=C(NC1C[C@H]2CCC[C@@H](C1)N2CCCOCc1ccccc1)C1CCCC1. The quantitative estimate of drug-likeness (QED) is 0.680. The van der Waals surface area contributed by atoms with Crippen molar-refractivity contribution in [3.63, 3.8) is 0 Å². The number of ether oxygens (including phenoxy) is 1. The lowest BCUT2D eigenvalue weighted by Crippen LogP contribution is -2.57. The van der Waals surface area contributed by atoms with Crippen LogP contribution in [0.4, 0.5) is 0 Å². The summed E-state index contributed by atoms with van der Waals surface area (Å²) < 4.78 is 5.88. The summed E-state index contributed by atoms with van der Waals surface area (Å²) in [7, 11) is 0. The van der Waals surface area contributed by atoms with E-state index >= 15 is 0 Å². The van der Waals surface area contributed by atoms with Gasteiger partial charge in [-0.2, -0.15) is 0 Å². The van der Waals surface area contributed by atoms with Gasteiger partial charge < -0.3 is 10.1 Å². The van der Waals surface area contributed by atoms with E-state index < -0.39 is 0 Å². The van der Waals surface area contributed by atoms with Crippen molar-refractivity contribution in [2.24, 2.45) is 5.92 Å². The number of amides is 1. The van der Waals surface area contributed by atoms with Crippen molar-refractivity contribution in [2.75, 3.05) is 13.2 Å². The lowest BCUT2D eigenvalue weighted by molar-refractivity contribution is -0.126. The minimum Gasteiger partial charge on any atom is -0.377 e. The number of hydrogen-bond donors (Lipinski definition) is 1. The van der Waals surface area contributed by atoms with Crippen LogP contribution >= 0.6 is 0 Å². The highest BCUT2D eigenvalue weighted by Crippen LogP contribution is 2.34. The summed E-state index contributed by atoms with van der Waals surface area (Å²) in [6.07, 6.45) is 12.0. The molecule has 154 valence electrons. The number of benzene rings is 1. The largest absolute Gasteiger partial charge is 0.377 e. The highest BCUT2D eigenvalue weighted by atomic mass is 16.5. The van der Waals surface area contributed by atoms with E-state index in [-0.39, 0.29) is 0 Å². The monoisotopic (exact) mass is 384 g/mol. The molecular weight excluding hydrogens is 348 g/mol. The van der Waals surface area contributed by atoms with Crippen LogP contribution < -0.4 is 5.32 Å². The Morgan fingerprint density at radius 3 is 2.43 bits per heavy atom. The van der Waals surface area contributed by atoms with Crippen LogP contribution in [0.25, 0.3) is 0 Å². The van der Waals surface area contributed by atoms with Crippen molar-refractivity contribution in [2.45, 2.75) is 88.9 Å². The second-order valence-electron chi connectivity index (χ2n) is 9.03. The molecule has 2 aliphatic heterocycles. The van der Waals surface area contributed by atoms with Gasteiger partial charge in [0.25, 0.3) is 0 Å². The van der Waals surface area contributed by atoms with Gasteiger partial charge in [0.15, 0.2) is 0 Å². The molecule has 3 fully saturated rings. The second-order valence-corrected chi connectivity index (χ2v) is 9.03. The van der Waals surface area contributed by atoms with Crippen molar-refractivity contribution in [1.29, 1.82) is 0 Å². The van der Waals surface area contributed by atoms with E-state index in [2.05, 4.69) is 34.5 Å². The molecule has 1 aromatic carbocycles. The normalized spacial score (nSPS) is 28.4. The molecule has 1 saturated carbocycles. The average Bonchev–Trinajstić information content (AvgIpc) is 3.24. The molecule has 4 heteroatoms. The van der Waals surface area contributed by atoms with Crippen LogP contribution in [0.5, 0.6) is 0 Å². The zero-order chi connectivity index (χ0) is 19.2. The predicted molar refractivity (Wildman–Crippen MR) is 112 cm³/mol. The third-order valence-corrected chi connectivity index (χ3v) is 7.01. The van der Waals surface area contributed by atoms with Crippen LogP contribution in [0.2, 0.25) is 0 Å². The van der Waals surface area contributed by atoms with E-state index in [0.29, 0.717) is 36.6 Å². The molecule has 2 bridgehead atoms. The molecule has 1 N–H and O–H groups in total. The highest BCUT2D eigenvalue weighted by molar-refractivity contribution is 5.79. The molecule has 3 atom stereocenters. The fourth-order valence-electron chi connectivity index (χ4n) is 5.58. The Hall–Kier alpha value is -1.39. The molecule has 4 rings (SSSR count). The molecule has 3 aliphatic rings. The first kappa shape index (κ1) is 19.9. The van der Waals surface area contributed by atoms with Gasteiger partial charge >= 0.3 is 0 Å². The van der Waals surface area contributed by atoms with Crippen LogP contribution in [0.3, 0.4) is 0 Å². The Morgan fingerprint density at radius 2 is 1.71 bits per heavy atom. The van der Waals surface area contributed by atoms with Crippen molar-refractivity contribution in [3.05, 3.63) is 35.9 Å². The topological polar surface area (TPSA) is 41.6 Å². The first-order chi connectivity index (χ1) is 13.8. The summed E-state index contributed by atoms with van der Waals surface area (Å²) in [6, 6.07) is 12.1. The first-order valence-electron chi connectivity index (χ1n) is 11.5. The summed E-state index contributed by atoms with van der Waals surface area (Å²) in [5.74, 6) is 0.628. The highest BCUT2D eigenvalue weighted by Gasteiger charge is 2.38. The van der Waals surface area contributed by atoms with Crippen molar-refractivity contribution in [3.8, 4) is 0 Å². The molecule has 1 aliphatic carbocycles. The minimum atomic E-state index is 0.291. The Bertz CT molecular complexity index is 600. The Kier molecular flexibility index (Phi) is 7.03. The maximum Gasteiger partial charge on any atom is 0.223 e. The van der Waals surface area contributed by atoms with Gasteiger partial charge in [0.05, 0.1) is 6.61 Å². The third-order valence-electron chi connectivity index (χ3n) is 7.01. The number of nitrogens with zero attached hydrogens (tertiary/aromatic N) is 1. The number of rotatable bonds is 8. The standard InChI is InChI=1S/C24H36N2O2/c27-24(20-10-4-5-11-20)25-21-16-22-12-6-13-23(17-21)26(22)14-7-15-28-18-19-8-2-1-3-9-19/h1-3,8-9,20-23H,4-7,10-18H2,(H,25,27)/t21?,22-,23+. The van der Waals surface area contributed by atoms with E-state index in [0.717, 1.165) is 45.3 Å². The van der Waals surface area contributed by atoms with Gasteiger partial charge in [0.1, 0.15) is 0 Å². The fourth-order valence-corrected chi connectivity index (χ4v) is 5.58. The van der Waals surface area contributed by atoms with Crippen LogP contribution in [0.1, 0.15) is 69.8 Å². The predicted octanol–water partition coefficient (Wildman–Crippen LogP) is 4.29. The van der Waals surface area contributed by atoms with Crippen molar-refractivity contribution in [1.82, 2.24) is 10.2 Å². The summed E-state index contributed by atoms with van der Waals surface area (Å²) >= 11 is 0. The zero-order valence-corrected chi connectivity index (χ0v) is 17.2. The molecule has 2 saturated heterocycles. The average molecular weight is 385 g/mol. The maximum absolute atomic E-state index is 12.5. The number of carbonyl (C=O) groups is 1. The Morgan fingerprint density at radius 1 is 1.00 bits per heavy atom. The van der Waals surface area contributed by atoms with Gasteiger partial charge in [-0.25, -0.2) is 0 Å². The molecule has 4 nitrogen and oxygen atoms in total. The van der Waals surface area contributed by atoms with Gasteiger partial charge in [0.2, 0.25) is 5.91 Å². The summed E-state index contributed by atoms with van der Waals surface area (Å²) in [5.41, 5.74) is 1.25. The van der Waals surface area contributed by atoms with E-state index in [1.807, 2.05) is 6.07 Å². The Balaban J connectivity index is 1.19. The smallest absolute Gasteiger partial charge is 0.223 e. The van der Waals surface area contributed by atoms with Crippen LogP contribution in [-0.2, 0) is 16.1 Å². The molecule has 0 spiro atoms. The third kappa shape index (κ3) is 5.15. The Labute approximate surface area is 170 Å². The molecule has 28 heavy (non-hydrogen) atoms. The molecule has 0 aromatic heterocycles. The summed E-state index contributed by atoms with van der Waals surface area (Å²) in [6.45, 7) is 2.67. The van der Waals surface area contributed by atoms with Gasteiger partial charge in [-0.15, -0.1) is 0 Å². The molecule has 0 radical (unpaired) electrons. The van der Waals surface area contributed by atoms with Gasteiger partial charge in [-0.05, 0) is 50.5 Å². The second kappa shape index (κ2) is 9.89. The minimum absolute atomic E-state index is 0.291. The van der Waals surface area contributed by atoms with Crippen molar-refractivity contribution >= 4 is 5.91 Å². The van der Waals surface area contributed by atoms with E-state index in [1.165, 1.54) is 37.7 Å². The number of carbonyl (C=O) groups excluding carboxylic acids is 1. The number of piperidine rings is 2. The van der Waals surface area contributed by atoms with Gasteiger partial charge in [0, 0.05) is 37.2 Å². The molecule has 1 amide bonds. The lowest BCUT2D eigenvalue weighted by atomic mass is 9.81. The summed E-state index contributed by atoms with van der Waals surface area (Å²) in [4.78, 5) is 15.3. The molecule has 1 aromatic rings. The first-order valence-corrected chi connectivity index (χ1v) is 11.5. The van der Waals surface area contributed by atoms with Gasteiger partial charge in [-0.3, -0.25) is 9.69 Å². The number of hydrogen-bond acceptors (Lipinski definition) is 3. The lowest BCUT2D eigenvalue weighted by Gasteiger charge is -2.49. The van der Waals surface area contributed by atoms with Crippen molar-refractivity contribution < 1.29 is 9.53 Å². The summed E-state index contributed by atoms with van der Waals surface area (Å²) in [5, 5.41) is 3.41. The van der Waals surface area contributed by atoms with Gasteiger partial charge in [-0.1, -0.05) is 49.6 Å². The zero-order valence-electron chi connectivity index (χ0n) is 17.2. The van der Waals surface area contributed by atoms with Crippen LogP contribution in [0.15, 0.2) is 30.3 Å². The molecule has 1 unspecified atom stereocenters. The number of fused-ring (bicyclic) bond motifs is 2. The van der Waals surface area contributed by atoms with Crippen LogP contribution in [-0.4, -0.2) is 42.1 Å². The molecule has 2 heterocycles. The molecular formula is C24H36N2O2. The number of nitrogens with one attached hydrogen (secondary N) is 1.